The summed E-state index contributed by atoms with van der Waals surface area (Å²) >= 11 is 7.30. The van der Waals surface area contributed by atoms with Crippen molar-refractivity contribution in [2.45, 2.75) is 25.1 Å². The molecular weight excluding hydrogens is 310 g/mol. The van der Waals surface area contributed by atoms with Crippen LogP contribution in [0.4, 0.5) is 0 Å². The SMILES string of the molecule is C/C=C/CC(NC(=O)CSCc1cccc(Cl)c1)C(=O)O. The highest BCUT2D eigenvalue weighted by atomic mass is 35.5. The van der Waals surface area contributed by atoms with E-state index in [4.69, 9.17) is 16.7 Å². The maximum absolute atomic E-state index is 11.7. The standard InChI is InChI=1S/C15H18ClNO3S/c1-2-3-7-13(15(19)20)17-14(18)10-21-9-11-5-4-6-12(16)8-11/h2-6,8,13H,7,9-10H2,1H3,(H,17,18)(H,19,20)/b3-2+. The highest BCUT2D eigenvalue weighted by molar-refractivity contribution is 7.99. The molecule has 6 heteroatoms. The highest BCUT2D eigenvalue weighted by Crippen LogP contribution is 2.16. The van der Waals surface area contributed by atoms with Gasteiger partial charge in [-0.25, -0.2) is 4.79 Å². The Balaban J connectivity index is 2.37. The fourth-order valence-electron chi connectivity index (χ4n) is 1.62. The molecule has 114 valence electrons. The van der Waals surface area contributed by atoms with Gasteiger partial charge >= 0.3 is 5.97 Å². The molecule has 0 spiro atoms. The van der Waals surface area contributed by atoms with Crippen LogP contribution < -0.4 is 5.32 Å². The Hall–Kier alpha value is -1.46. The van der Waals surface area contributed by atoms with Crippen LogP contribution in [0.25, 0.3) is 0 Å². The van der Waals surface area contributed by atoms with Crippen molar-refractivity contribution in [1.82, 2.24) is 5.32 Å². The Bertz CT molecular complexity index is 519. The van der Waals surface area contributed by atoms with Crippen LogP contribution in [0.15, 0.2) is 36.4 Å². The van der Waals surface area contributed by atoms with Crippen LogP contribution in [-0.4, -0.2) is 28.8 Å². The van der Waals surface area contributed by atoms with Gasteiger partial charge in [-0.05, 0) is 31.0 Å². The quantitative estimate of drug-likeness (QED) is 0.720. The minimum absolute atomic E-state index is 0.214. The van der Waals surface area contributed by atoms with E-state index < -0.39 is 12.0 Å². The molecule has 0 saturated heterocycles. The molecule has 0 radical (unpaired) electrons. The molecule has 1 aromatic rings. The van der Waals surface area contributed by atoms with E-state index in [2.05, 4.69) is 5.32 Å². The van der Waals surface area contributed by atoms with E-state index in [0.717, 1.165) is 5.56 Å². The fraction of sp³-hybridized carbons (Fsp3) is 0.333. The molecular formula is C15H18ClNO3S. The van der Waals surface area contributed by atoms with Crippen molar-refractivity contribution in [1.29, 1.82) is 0 Å². The number of allylic oxidation sites excluding steroid dienone is 1. The fourth-order valence-corrected chi connectivity index (χ4v) is 2.62. The Morgan fingerprint density at radius 3 is 2.86 bits per heavy atom. The molecule has 4 nitrogen and oxygen atoms in total. The summed E-state index contributed by atoms with van der Waals surface area (Å²) < 4.78 is 0. The zero-order chi connectivity index (χ0) is 15.7. The van der Waals surface area contributed by atoms with Gasteiger partial charge in [0.05, 0.1) is 5.75 Å². The third kappa shape index (κ3) is 7.20. The second-order valence-corrected chi connectivity index (χ2v) is 5.81. The van der Waals surface area contributed by atoms with Crippen LogP contribution in [0.5, 0.6) is 0 Å². The van der Waals surface area contributed by atoms with Gasteiger partial charge in [-0.15, -0.1) is 11.8 Å². The number of carboxylic acid groups (broad SMARTS) is 1. The predicted molar refractivity (Wildman–Crippen MR) is 86.6 cm³/mol. The summed E-state index contributed by atoms with van der Waals surface area (Å²) in [7, 11) is 0. The van der Waals surface area contributed by atoms with Gasteiger partial charge in [0.25, 0.3) is 0 Å². The number of thioether (sulfide) groups is 1. The van der Waals surface area contributed by atoms with E-state index in [9.17, 15) is 9.59 Å². The van der Waals surface area contributed by atoms with Crippen molar-refractivity contribution < 1.29 is 14.7 Å². The van der Waals surface area contributed by atoms with Gasteiger partial charge in [0, 0.05) is 10.8 Å². The monoisotopic (exact) mass is 327 g/mol. The number of halogens is 1. The van der Waals surface area contributed by atoms with Gasteiger partial charge in [0.1, 0.15) is 6.04 Å². The van der Waals surface area contributed by atoms with E-state index in [1.54, 1.807) is 18.2 Å². The van der Waals surface area contributed by atoms with Crippen LogP contribution >= 0.6 is 23.4 Å². The van der Waals surface area contributed by atoms with Crippen LogP contribution in [0, 0.1) is 0 Å². The molecule has 1 aromatic carbocycles. The Morgan fingerprint density at radius 1 is 1.48 bits per heavy atom. The number of benzene rings is 1. The van der Waals surface area contributed by atoms with Gasteiger partial charge in [-0.2, -0.15) is 0 Å². The molecule has 1 atom stereocenters. The third-order valence-electron chi connectivity index (χ3n) is 2.63. The Labute approximate surface area is 133 Å². The first-order chi connectivity index (χ1) is 10.0. The van der Waals surface area contributed by atoms with Gasteiger partial charge in [0.2, 0.25) is 5.91 Å². The number of carboxylic acids is 1. The van der Waals surface area contributed by atoms with Crippen molar-refractivity contribution in [3.63, 3.8) is 0 Å². The number of carbonyl (C=O) groups is 2. The Morgan fingerprint density at radius 2 is 2.24 bits per heavy atom. The summed E-state index contributed by atoms with van der Waals surface area (Å²) in [6.07, 6.45) is 3.77. The lowest BCUT2D eigenvalue weighted by Crippen LogP contribution is -2.41. The first-order valence-electron chi connectivity index (χ1n) is 6.48. The summed E-state index contributed by atoms with van der Waals surface area (Å²) in [5, 5.41) is 12.2. The molecule has 0 aliphatic rings. The molecule has 21 heavy (non-hydrogen) atoms. The van der Waals surface area contributed by atoms with Gasteiger partial charge in [0.15, 0.2) is 0 Å². The van der Waals surface area contributed by atoms with Gasteiger partial charge < -0.3 is 10.4 Å². The number of amides is 1. The molecule has 1 amide bonds. The topological polar surface area (TPSA) is 66.4 Å². The lowest BCUT2D eigenvalue weighted by atomic mass is 10.2. The van der Waals surface area contributed by atoms with Crippen molar-refractivity contribution in [2.24, 2.45) is 0 Å². The first kappa shape index (κ1) is 17.6. The van der Waals surface area contributed by atoms with E-state index in [1.165, 1.54) is 11.8 Å². The van der Waals surface area contributed by atoms with E-state index in [1.807, 2.05) is 25.1 Å². The number of nitrogens with one attached hydrogen (secondary N) is 1. The van der Waals surface area contributed by atoms with Crippen LogP contribution in [0.1, 0.15) is 18.9 Å². The zero-order valence-electron chi connectivity index (χ0n) is 11.7. The second kappa shape index (κ2) is 9.47. The number of rotatable bonds is 8. The molecule has 1 rings (SSSR count). The maximum atomic E-state index is 11.7. The molecule has 0 fully saturated rings. The smallest absolute Gasteiger partial charge is 0.326 e. The average Bonchev–Trinajstić information content (AvgIpc) is 2.43. The predicted octanol–water partition coefficient (Wildman–Crippen LogP) is 3.11. The van der Waals surface area contributed by atoms with Crippen LogP contribution in [0.2, 0.25) is 5.02 Å². The number of hydrogen-bond acceptors (Lipinski definition) is 3. The lowest BCUT2D eigenvalue weighted by molar-refractivity contribution is -0.141. The summed E-state index contributed by atoms with van der Waals surface area (Å²) in [5.74, 6) is -0.438. The second-order valence-electron chi connectivity index (χ2n) is 4.39. The summed E-state index contributed by atoms with van der Waals surface area (Å²) in [5.41, 5.74) is 1.03. The molecule has 0 aliphatic carbocycles. The average molecular weight is 328 g/mol. The number of aliphatic carboxylic acids is 1. The van der Waals surface area contributed by atoms with E-state index in [0.29, 0.717) is 10.8 Å². The summed E-state index contributed by atoms with van der Waals surface area (Å²) in [6.45, 7) is 1.81. The summed E-state index contributed by atoms with van der Waals surface area (Å²) in [4.78, 5) is 22.7. The van der Waals surface area contributed by atoms with Crippen molar-refractivity contribution in [3.8, 4) is 0 Å². The molecule has 1 unspecified atom stereocenters. The minimum Gasteiger partial charge on any atom is -0.480 e. The van der Waals surface area contributed by atoms with Crippen LogP contribution in [-0.2, 0) is 15.3 Å². The number of hydrogen-bond donors (Lipinski definition) is 2. The molecule has 0 aliphatic heterocycles. The number of carbonyl (C=O) groups excluding carboxylic acids is 1. The molecule has 0 heterocycles. The van der Waals surface area contributed by atoms with Gasteiger partial charge in [-0.3, -0.25) is 4.79 Å². The molecule has 2 N–H and O–H groups in total. The summed E-state index contributed by atoms with van der Waals surface area (Å²) in [6, 6.07) is 6.55. The lowest BCUT2D eigenvalue weighted by Gasteiger charge is -2.12. The minimum atomic E-state index is -1.03. The molecule has 0 bridgehead atoms. The largest absolute Gasteiger partial charge is 0.480 e. The zero-order valence-corrected chi connectivity index (χ0v) is 13.3. The normalized spacial score (nSPS) is 12.3. The van der Waals surface area contributed by atoms with E-state index >= 15 is 0 Å². The first-order valence-corrected chi connectivity index (χ1v) is 8.01. The molecule has 0 aromatic heterocycles. The van der Waals surface area contributed by atoms with Crippen molar-refractivity contribution >= 4 is 35.2 Å². The maximum Gasteiger partial charge on any atom is 0.326 e. The molecule has 0 saturated carbocycles. The van der Waals surface area contributed by atoms with Crippen molar-refractivity contribution in [3.05, 3.63) is 47.0 Å². The van der Waals surface area contributed by atoms with Crippen LogP contribution in [0.3, 0.4) is 0 Å². The third-order valence-corrected chi connectivity index (χ3v) is 3.87. The Kier molecular flexibility index (Phi) is 7.93. The van der Waals surface area contributed by atoms with E-state index in [-0.39, 0.29) is 18.1 Å². The highest BCUT2D eigenvalue weighted by Gasteiger charge is 2.18. The van der Waals surface area contributed by atoms with Gasteiger partial charge in [-0.1, -0.05) is 35.9 Å². The van der Waals surface area contributed by atoms with Crippen molar-refractivity contribution in [2.75, 3.05) is 5.75 Å².